The second kappa shape index (κ2) is 5.15. The van der Waals surface area contributed by atoms with Crippen LogP contribution >= 0.6 is 11.6 Å². The normalized spacial score (nSPS) is 15.8. The number of benzene rings is 1. The quantitative estimate of drug-likeness (QED) is 0.590. The molecule has 1 N–H and O–H groups in total. The first kappa shape index (κ1) is 15.5. The van der Waals surface area contributed by atoms with E-state index in [1.165, 1.54) is 4.57 Å². The van der Waals surface area contributed by atoms with E-state index in [4.69, 9.17) is 11.6 Å². The van der Waals surface area contributed by atoms with Crippen molar-refractivity contribution in [2.45, 2.75) is 24.9 Å². The standard InChI is InChI=1S/C17H15ClN6O2/c1-22-15-14(24-11(8-20-21-24)7-17(26)4-5-17)19-9-23(15)13-3-2-10(18)6-12(13)16(22)25/h2-3,6,8-9,26H,4-5,7H2,1H3. The fourth-order valence-corrected chi connectivity index (χ4v) is 3.52. The van der Waals surface area contributed by atoms with Crippen molar-refractivity contribution in [1.82, 2.24) is 28.9 Å². The molecule has 3 heterocycles. The monoisotopic (exact) mass is 370 g/mol. The number of imidazole rings is 1. The molecule has 0 aliphatic heterocycles. The summed E-state index contributed by atoms with van der Waals surface area (Å²) in [4.78, 5) is 17.3. The second-order valence-corrected chi connectivity index (χ2v) is 7.26. The zero-order valence-electron chi connectivity index (χ0n) is 13.9. The Morgan fingerprint density at radius 2 is 2.15 bits per heavy atom. The van der Waals surface area contributed by atoms with Crippen LogP contribution in [0.15, 0.2) is 35.5 Å². The number of fused-ring (bicyclic) bond motifs is 3. The summed E-state index contributed by atoms with van der Waals surface area (Å²) in [6, 6.07) is 5.19. The van der Waals surface area contributed by atoms with Crippen LogP contribution in [0, 0.1) is 0 Å². The summed E-state index contributed by atoms with van der Waals surface area (Å²) >= 11 is 6.05. The Hall–Kier alpha value is -2.71. The molecule has 1 fully saturated rings. The largest absolute Gasteiger partial charge is 0.389 e. The van der Waals surface area contributed by atoms with Gasteiger partial charge in [-0.2, -0.15) is 4.68 Å². The van der Waals surface area contributed by atoms with E-state index in [1.807, 2.05) is 4.40 Å². The van der Waals surface area contributed by atoms with Gasteiger partial charge in [-0.25, -0.2) is 4.98 Å². The first-order chi connectivity index (χ1) is 12.5. The molecule has 1 aliphatic carbocycles. The number of rotatable bonds is 3. The van der Waals surface area contributed by atoms with Gasteiger partial charge in [-0.1, -0.05) is 16.8 Å². The minimum atomic E-state index is -0.676. The highest BCUT2D eigenvalue weighted by Gasteiger charge is 2.41. The Bertz CT molecular complexity index is 1230. The molecule has 1 saturated carbocycles. The first-order valence-corrected chi connectivity index (χ1v) is 8.62. The maximum Gasteiger partial charge on any atom is 0.261 e. The van der Waals surface area contributed by atoms with Gasteiger partial charge in [0.1, 0.15) is 6.33 Å². The van der Waals surface area contributed by atoms with E-state index in [0.29, 0.717) is 33.8 Å². The number of hydrogen-bond acceptors (Lipinski definition) is 5. The molecular weight excluding hydrogens is 356 g/mol. The van der Waals surface area contributed by atoms with Crippen molar-refractivity contribution in [2.75, 3.05) is 0 Å². The van der Waals surface area contributed by atoms with E-state index in [0.717, 1.165) is 18.5 Å². The van der Waals surface area contributed by atoms with E-state index in [-0.39, 0.29) is 5.56 Å². The summed E-state index contributed by atoms with van der Waals surface area (Å²) in [7, 11) is 1.69. The van der Waals surface area contributed by atoms with E-state index >= 15 is 0 Å². The Labute approximate surface area is 152 Å². The molecule has 1 aromatic carbocycles. The van der Waals surface area contributed by atoms with Crippen molar-refractivity contribution in [3.63, 3.8) is 0 Å². The predicted octanol–water partition coefficient (Wildman–Crippen LogP) is 1.49. The minimum Gasteiger partial charge on any atom is -0.389 e. The Morgan fingerprint density at radius 3 is 2.92 bits per heavy atom. The first-order valence-electron chi connectivity index (χ1n) is 8.24. The van der Waals surface area contributed by atoms with Crippen LogP contribution in [-0.4, -0.2) is 39.7 Å². The molecule has 0 bridgehead atoms. The van der Waals surface area contributed by atoms with Gasteiger partial charge in [0.05, 0.1) is 28.4 Å². The fourth-order valence-electron chi connectivity index (χ4n) is 3.35. The Balaban J connectivity index is 1.79. The van der Waals surface area contributed by atoms with Crippen molar-refractivity contribution < 1.29 is 5.11 Å². The number of aromatic nitrogens is 6. The molecule has 5 rings (SSSR count). The number of halogens is 1. The molecule has 26 heavy (non-hydrogen) atoms. The lowest BCUT2D eigenvalue weighted by Crippen LogP contribution is -2.21. The Morgan fingerprint density at radius 1 is 1.35 bits per heavy atom. The fraction of sp³-hybridized carbons (Fsp3) is 0.294. The molecule has 0 atom stereocenters. The number of nitrogens with zero attached hydrogens (tertiary/aromatic N) is 6. The van der Waals surface area contributed by atoms with Gasteiger partial charge in [-0.15, -0.1) is 5.10 Å². The minimum absolute atomic E-state index is 0.167. The SMILES string of the molecule is Cn1c(=O)c2cc(Cl)ccc2n2cnc(-n3nncc3CC3(O)CC3)c12. The zero-order chi connectivity index (χ0) is 18.1. The lowest BCUT2D eigenvalue weighted by molar-refractivity contribution is 0.149. The number of hydrogen-bond donors (Lipinski definition) is 1. The van der Waals surface area contributed by atoms with Crippen molar-refractivity contribution in [3.05, 3.63) is 51.8 Å². The van der Waals surface area contributed by atoms with Crippen LogP contribution in [0.2, 0.25) is 5.02 Å². The van der Waals surface area contributed by atoms with Gasteiger partial charge in [0.2, 0.25) is 0 Å². The molecule has 1 aliphatic rings. The third-order valence-electron chi connectivity index (χ3n) is 4.95. The van der Waals surface area contributed by atoms with Gasteiger partial charge in [0, 0.05) is 18.5 Å². The average molecular weight is 371 g/mol. The maximum absolute atomic E-state index is 12.8. The maximum atomic E-state index is 12.8. The van der Waals surface area contributed by atoms with Crippen LogP contribution in [0.4, 0.5) is 0 Å². The Kier molecular flexibility index (Phi) is 3.08. The summed E-state index contributed by atoms with van der Waals surface area (Å²) < 4.78 is 4.95. The molecule has 0 saturated heterocycles. The smallest absolute Gasteiger partial charge is 0.261 e. The van der Waals surface area contributed by atoms with Gasteiger partial charge in [-0.05, 0) is 31.0 Å². The van der Waals surface area contributed by atoms with Crippen LogP contribution in [0.25, 0.3) is 22.4 Å². The highest BCUT2D eigenvalue weighted by atomic mass is 35.5. The summed E-state index contributed by atoms with van der Waals surface area (Å²) in [5, 5.41) is 19.4. The molecule has 4 aromatic rings. The van der Waals surface area contributed by atoms with Crippen LogP contribution in [0.1, 0.15) is 18.5 Å². The molecule has 0 amide bonds. The summed E-state index contributed by atoms with van der Waals surface area (Å²) in [5.74, 6) is 0.498. The topological polar surface area (TPSA) is 90.2 Å². The van der Waals surface area contributed by atoms with Gasteiger partial charge in [-0.3, -0.25) is 13.8 Å². The molecular formula is C17H15ClN6O2. The van der Waals surface area contributed by atoms with Gasteiger partial charge in [0.15, 0.2) is 11.5 Å². The van der Waals surface area contributed by atoms with Crippen LogP contribution in [-0.2, 0) is 13.5 Å². The number of aliphatic hydroxyl groups is 1. The van der Waals surface area contributed by atoms with E-state index in [1.54, 1.807) is 42.5 Å². The van der Waals surface area contributed by atoms with Crippen molar-refractivity contribution >= 4 is 28.2 Å². The zero-order valence-corrected chi connectivity index (χ0v) is 14.7. The van der Waals surface area contributed by atoms with Gasteiger partial charge >= 0.3 is 0 Å². The lowest BCUT2D eigenvalue weighted by Gasteiger charge is -2.11. The predicted molar refractivity (Wildman–Crippen MR) is 95.8 cm³/mol. The lowest BCUT2D eigenvalue weighted by atomic mass is 10.2. The van der Waals surface area contributed by atoms with Crippen molar-refractivity contribution in [3.8, 4) is 5.82 Å². The molecule has 0 spiro atoms. The molecule has 0 unspecified atom stereocenters. The highest BCUT2D eigenvalue weighted by Crippen LogP contribution is 2.38. The van der Waals surface area contributed by atoms with E-state index in [9.17, 15) is 9.90 Å². The van der Waals surface area contributed by atoms with Gasteiger partial charge < -0.3 is 5.11 Å². The highest BCUT2D eigenvalue weighted by molar-refractivity contribution is 6.31. The molecule has 0 radical (unpaired) electrons. The molecule has 8 nitrogen and oxygen atoms in total. The van der Waals surface area contributed by atoms with Gasteiger partial charge in [0.25, 0.3) is 5.56 Å². The van der Waals surface area contributed by atoms with E-state index < -0.39 is 5.60 Å². The molecule has 3 aromatic heterocycles. The van der Waals surface area contributed by atoms with Crippen LogP contribution in [0.5, 0.6) is 0 Å². The second-order valence-electron chi connectivity index (χ2n) is 6.83. The van der Waals surface area contributed by atoms with E-state index in [2.05, 4.69) is 15.3 Å². The average Bonchev–Trinajstić information content (AvgIpc) is 3.00. The molecule has 132 valence electrons. The van der Waals surface area contributed by atoms with Crippen LogP contribution < -0.4 is 5.56 Å². The summed E-state index contributed by atoms with van der Waals surface area (Å²) in [6.07, 6.45) is 5.27. The summed E-state index contributed by atoms with van der Waals surface area (Å²) in [5.41, 5.74) is 1.23. The summed E-state index contributed by atoms with van der Waals surface area (Å²) in [6.45, 7) is 0. The third kappa shape index (κ3) is 2.19. The number of aryl methyl sites for hydroxylation is 1. The van der Waals surface area contributed by atoms with Crippen LogP contribution in [0.3, 0.4) is 0 Å². The third-order valence-corrected chi connectivity index (χ3v) is 5.19. The van der Waals surface area contributed by atoms with Crippen molar-refractivity contribution in [2.24, 2.45) is 7.05 Å². The molecule has 9 heteroatoms. The van der Waals surface area contributed by atoms with Crippen molar-refractivity contribution in [1.29, 1.82) is 0 Å².